The van der Waals surface area contributed by atoms with Crippen LogP contribution < -0.4 is 5.32 Å². The zero-order valence-electron chi connectivity index (χ0n) is 14.5. The van der Waals surface area contributed by atoms with Crippen molar-refractivity contribution in [2.24, 2.45) is 5.92 Å². The van der Waals surface area contributed by atoms with Gasteiger partial charge in [0.25, 0.3) is 0 Å². The van der Waals surface area contributed by atoms with Crippen LogP contribution in [-0.4, -0.2) is 31.9 Å². The number of carbonyl (C=O) groups excluding carboxylic acids is 1. The third-order valence-electron chi connectivity index (χ3n) is 3.62. The molecule has 0 aliphatic rings. The largest absolute Gasteiger partial charge is 0.459 e. The highest BCUT2D eigenvalue weighted by atomic mass is 32.2. The summed E-state index contributed by atoms with van der Waals surface area (Å²) in [4.78, 5) is 12.2. The van der Waals surface area contributed by atoms with Crippen molar-refractivity contribution in [1.29, 1.82) is 0 Å². The van der Waals surface area contributed by atoms with Crippen molar-refractivity contribution in [2.75, 3.05) is 5.75 Å². The number of para-hydroxylation sites is 1. The summed E-state index contributed by atoms with van der Waals surface area (Å²) >= 11 is 1.33. The molecule has 1 N–H and O–H groups in total. The van der Waals surface area contributed by atoms with E-state index < -0.39 is 0 Å². The van der Waals surface area contributed by atoms with Crippen molar-refractivity contribution >= 4 is 28.6 Å². The smallest absolute Gasteiger partial charge is 0.231 e. The molecule has 0 saturated carbocycles. The standard InChI is InChI=1S/C17H21N5O2S/c1-11(2)9-22-17(19-20-21-22)25-10-16(23)18-12(3)15-8-13-6-4-5-7-14(13)24-15/h4-8,11-12H,9-10H2,1-3H3,(H,18,23)/t12-/m1/s1. The predicted octanol–water partition coefficient (Wildman–Crippen LogP) is 3.04. The summed E-state index contributed by atoms with van der Waals surface area (Å²) in [6.45, 7) is 6.82. The predicted molar refractivity (Wildman–Crippen MR) is 96.2 cm³/mol. The van der Waals surface area contributed by atoms with Gasteiger partial charge in [-0.25, -0.2) is 4.68 Å². The Morgan fingerprint density at radius 2 is 2.12 bits per heavy atom. The molecule has 8 heteroatoms. The van der Waals surface area contributed by atoms with E-state index in [-0.39, 0.29) is 17.7 Å². The van der Waals surface area contributed by atoms with E-state index in [1.165, 1.54) is 11.8 Å². The lowest BCUT2D eigenvalue weighted by atomic mass is 10.2. The molecule has 25 heavy (non-hydrogen) atoms. The molecule has 1 aromatic carbocycles. The highest BCUT2D eigenvalue weighted by molar-refractivity contribution is 7.99. The summed E-state index contributed by atoms with van der Waals surface area (Å²) in [6.07, 6.45) is 0. The Hall–Kier alpha value is -2.35. The molecule has 0 aliphatic carbocycles. The first-order chi connectivity index (χ1) is 12.0. The van der Waals surface area contributed by atoms with E-state index in [9.17, 15) is 4.79 Å². The fraction of sp³-hybridized carbons (Fsp3) is 0.412. The molecule has 7 nitrogen and oxygen atoms in total. The molecule has 2 heterocycles. The van der Waals surface area contributed by atoms with Crippen molar-refractivity contribution in [3.05, 3.63) is 36.1 Å². The minimum Gasteiger partial charge on any atom is -0.459 e. The molecule has 0 fully saturated rings. The third-order valence-corrected chi connectivity index (χ3v) is 4.58. The van der Waals surface area contributed by atoms with Gasteiger partial charge in [-0.05, 0) is 35.4 Å². The Morgan fingerprint density at radius 3 is 2.88 bits per heavy atom. The molecular formula is C17H21N5O2S. The number of hydrogen-bond acceptors (Lipinski definition) is 6. The number of tetrazole rings is 1. The van der Waals surface area contributed by atoms with E-state index in [1.807, 2.05) is 37.3 Å². The van der Waals surface area contributed by atoms with Gasteiger partial charge >= 0.3 is 0 Å². The quantitative estimate of drug-likeness (QED) is 0.653. The van der Waals surface area contributed by atoms with Gasteiger partial charge in [0, 0.05) is 11.9 Å². The molecule has 0 spiro atoms. The highest BCUT2D eigenvalue weighted by Crippen LogP contribution is 2.23. The zero-order chi connectivity index (χ0) is 17.8. The molecule has 0 aliphatic heterocycles. The third kappa shape index (κ3) is 4.39. The van der Waals surface area contributed by atoms with Crippen LogP contribution in [0.5, 0.6) is 0 Å². The zero-order valence-corrected chi connectivity index (χ0v) is 15.3. The van der Waals surface area contributed by atoms with Gasteiger partial charge in [0.05, 0.1) is 11.8 Å². The van der Waals surface area contributed by atoms with Crippen LogP contribution in [0.3, 0.4) is 0 Å². The number of carbonyl (C=O) groups is 1. The van der Waals surface area contributed by atoms with Gasteiger partial charge in [-0.15, -0.1) is 5.10 Å². The van der Waals surface area contributed by atoms with Crippen LogP contribution in [-0.2, 0) is 11.3 Å². The molecule has 0 saturated heterocycles. The lowest BCUT2D eigenvalue weighted by molar-refractivity contribution is -0.119. The number of fused-ring (bicyclic) bond motifs is 1. The Kier molecular flexibility index (Phi) is 5.37. The van der Waals surface area contributed by atoms with E-state index in [0.29, 0.717) is 11.1 Å². The molecule has 1 atom stereocenters. The van der Waals surface area contributed by atoms with Crippen molar-refractivity contribution in [1.82, 2.24) is 25.5 Å². The summed E-state index contributed by atoms with van der Waals surface area (Å²) in [7, 11) is 0. The first-order valence-electron chi connectivity index (χ1n) is 8.19. The van der Waals surface area contributed by atoms with Crippen LogP contribution in [0.4, 0.5) is 0 Å². The Bertz CT molecular complexity index is 824. The van der Waals surface area contributed by atoms with Crippen LogP contribution in [0.1, 0.15) is 32.6 Å². The number of nitrogens with one attached hydrogen (secondary N) is 1. The number of thioether (sulfide) groups is 1. The molecule has 3 aromatic rings. The van der Waals surface area contributed by atoms with Gasteiger partial charge in [-0.1, -0.05) is 43.8 Å². The molecule has 0 unspecified atom stereocenters. The maximum Gasteiger partial charge on any atom is 0.231 e. The van der Waals surface area contributed by atoms with Crippen LogP contribution in [0.15, 0.2) is 39.9 Å². The van der Waals surface area contributed by atoms with Crippen LogP contribution >= 0.6 is 11.8 Å². The summed E-state index contributed by atoms with van der Waals surface area (Å²) in [5, 5.41) is 16.2. The topological polar surface area (TPSA) is 85.8 Å². The van der Waals surface area contributed by atoms with E-state index >= 15 is 0 Å². The van der Waals surface area contributed by atoms with Crippen molar-refractivity contribution in [2.45, 2.75) is 38.5 Å². The monoisotopic (exact) mass is 359 g/mol. The van der Waals surface area contributed by atoms with E-state index in [0.717, 1.165) is 23.3 Å². The van der Waals surface area contributed by atoms with E-state index in [1.54, 1.807) is 4.68 Å². The fourth-order valence-corrected chi connectivity index (χ4v) is 3.16. The highest BCUT2D eigenvalue weighted by Gasteiger charge is 2.16. The number of benzene rings is 1. The second-order valence-electron chi connectivity index (χ2n) is 6.30. The number of rotatable bonds is 7. The lowest BCUT2D eigenvalue weighted by Crippen LogP contribution is -2.28. The number of aromatic nitrogens is 4. The van der Waals surface area contributed by atoms with Gasteiger partial charge in [0.15, 0.2) is 0 Å². The number of amides is 1. The maximum atomic E-state index is 12.2. The first-order valence-corrected chi connectivity index (χ1v) is 9.18. The maximum absolute atomic E-state index is 12.2. The summed E-state index contributed by atoms with van der Waals surface area (Å²) in [6, 6.07) is 9.54. The normalized spacial score (nSPS) is 12.6. The summed E-state index contributed by atoms with van der Waals surface area (Å²) in [5.41, 5.74) is 0.820. The van der Waals surface area contributed by atoms with Gasteiger partial charge in [-0.3, -0.25) is 4.79 Å². The second-order valence-corrected chi connectivity index (χ2v) is 7.24. The average molecular weight is 359 g/mol. The van der Waals surface area contributed by atoms with E-state index in [2.05, 4.69) is 34.7 Å². The molecule has 1 amide bonds. The van der Waals surface area contributed by atoms with Gasteiger partial charge in [0.1, 0.15) is 11.3 Å². The number of furan rings is 1. The number of nitrogens with zero attached hydrogens (tertiary/aromatic N) is 4. The Morgan fingerprint density at radius 1 is 1.32 bits per heavy atom. The van der Waals surface area contributed by atoms with Gasteiger partial charge in [0.2, 0.25) is 11.1 Å². The Labute approximate surface area is 150 Å². The summed E-state index contributed by atoms with van der Waals surface area (Å²) in [5.74, 6) is 1.34. The van der Waals surface area contributed by atoms with Crippen LogP contribution in [0, 0.1) is 5.92 Å². The van der Waals surface area contributed by atoms with E-state index in [4.69, 9.17) is 4.42 Å². The minimum absolute atomic E-state index is 0.0861. The fourth-order valence-electron chi connectivity index (χ4n) is 2.46. The van der Waals surface area contributed by atoms with Crippen molar-refractivity contribution in [3.8, 4) is 0 Å². The van der Waals surface area contributed by atoms with Gasteiger partial charge < -0.3 is 9.73 Å². The molecular weight excluding hydrogens is 338 g/mol. The molecule has 0 bridgehead atoms. The lowest BCUT2D eigenvalue weighted by Gasteiger charge is -2.11. The Balaban J connectivity index is 1.56. The van der Waals surface area contributed by atoms with Crippen LogP contribution in [0.2, 0.25) is 0 Å². The second kappa shape index (κ2) is 7.69. The van der Waals surface area contributed by atoms with Crippen molar-refractivity contribution in [3.63, 3.8) is 0 Å². The molecule has 132 valence electrons. The molecule has 0 radical (unpaired) electrons. The first kappa shape index (κ1) is 17.5. The minimum atomic E-state index is -0.202. The molecule has 2 aromatic heterocycles. The SMILES string of the molecule is CC(C)Cn1nnnc1SCC(=O)N[C@H](C)c1cc2ccccc2o1. The molecule has 3 rings (SSSR count). The van der Waals surface area contributed by atoms with Crippen LogP contribution in [0.25, 0.3) is 11.0 Å². The summed E-state index contributed by atoms with van der Waals surface area (Å²) < 4.78 is 7.51. The van der Waals surface area contributed by atoms with Crippen molar-refractivity contribution < 1.29 is 9.21 Å². The average Bonchev–Trinajstić information content (AvgIpc) is 3.18. The number of hydrogen-bond donors (Lipinski definition) is 1. The van der Waals surface area contributed by atoms with Gasteiger partial charge in [-0.2, -0.15) is 0 Å².